The predicted molar refractivity (Wildman–Crippen MR) is 117 cm³/mol. The van der Waals surface area contributed by atoms with Crippen LogP contribution in [0.1, 0.15) is 48.5 Å². The minimum Gasteiger partial charge on any atom is -0.322 e. The summed E-state index contributed by atoms with van der Waals surface area (Å²) in [5, 5.41) is 5.84. The number of hydrogen-bond donors (Lipinski definition) is 2. The van der Waals surface area contributed by atoms with Crippen molar-refractivity contribution < 1.29 is 9.59 Å². The van der Waals surface area contributed by atoms with Crippen LogP contribution in [0.2, 0.25) is 0 Å². The molecule has 0 saturated heterocycles. The molecule has 0 aliphatic heterocycles. The van der Waals surface area contributed by atoms with E-state index in [0.29, 0.717) is 11.1 Å². The molecular formula is C24H25N3O2. The van der Waals surface area contributed by atoms with Gasteiger partial charge in [0.25, 0.3) is 11.8 Å². The topological polar surface area (TPSA) is 71.1 Å². The zero-order valence-corrected chi connectivity index (χ0v) is 17.4. The van der Waals surface area contributed by atoms with E-state index in [-0.39, 0.29) is 11.8 Å². The van der Waals surface area contributed by atoms with E-state index in [1.807, 2.05) is 65.0 Å². The van der Waals surface area contributed by atoms with Gasteiger partial charge in [0.05, 0.1) is 11.1 Å². The number of nitrogens with one attached hydrogen (secondary N) is 2. The summed E-state index contributed by atoms with van der Waals surface area (Å²) in [6.45, 7) is 9.84. The predicted octanol–water partition coefficient (Wildman–Crippen LogP) is 5.13. The molecule has 2 aromatic carbocycles. The fourth-order valence-corrected chi connectivity index (χ4v) is 3.32. The molecule has 2 N–H and O–H groups in total. The van der Waals surface area contributed by atoms with Gasteiger partial charge in [-0.2, -0.15) is 0 Å². The average molecular weight is 387 g/mol. The van der Waals surface area contributed by atoms with E-state index in [1.165, 1.54) is 12.4 Å². The summed E-state index contributed by atoms with van der Waals surface area (Å²) in [7, 11) is 0. The summed E-state index contributed by atoms with van der Waals surface area (Å²) in [5.41, 5.74) is 7.35. The van der Waals surface area contributed by atoms with E-state index >= 15 is 0 Å². The number of carbonyl (C=O) groups is 2. The molecule has 1 heterocycles. The molecule has 29 heavy (non-hydrogen) atoms. The summed E-state index contributed by atoms with van der Waals surface area (Å²) >= 11 is 0. The third kappa shape index (κ3) is 4.69. The largest absolute Gasteiger partial charge is 0.322 e. The average Bonchev–Trinajstić information content (AvgIpc) is 2.67. The molecule has 0 spiro atoms. The van der Waals surface area contributed by atoms with Crippen LogP contribution < -0.4 is 10.6 Å². The highest BCUT2D eigenvalue weighted by Crippen LogP contribution is 2.23. The zero-order chi connectivity index (χ0) is 21.1. The van der Waals surface area contributed by atoms with Crippen molar-refractivity contribution in [1.82, 2.24) is 4.98 Å². The number of pyridine rings is 1. The van der Waals surface area contributed by atoms with Crippen molar-refractivity contribution in [3.63, 3.8) is 0 Å². The van der Waals surface area contributed by atoms with Crippen LogP contribution in [0.4, 0.5) is 11.4 Å². The Balaban J connectivity index is 1.81. The Morgan fingerprint density at radius 2 is 1.28 bits per heavy atom. The number of hydrogen-bond acceptors (Lipinski definition) is 3. The van der Waals surface area contributed by atoms with Gasteiger partial charge in [-0.1, -0.05) is 29.8 Å². The molecule has 0 unspecified atom stereocenters. The van der Waals surface area contributed by atoms with Gasteiger partial charge in [0, 0.05) is 23.8 Å². The fourth-order valence-electron chi connectivity index (χ4n) is 3.32. The molecule has 5 nitrogen and oxygen atoms in total. The van der Waals surface area contributed by atoms with Crippen LogP contribution in [0.25, 0.3) is 0 Å². The van der Waals surface area contributed by atoms with Crippen LogP contribution in [-0.2, 0) is 0 Å². The molecule has 3 rings (SSSR count). The van der Waals surface area contributed by atoms with E-state index in [0.717, 1.165) is 39.2 Å². The Hall–Kier alpha value is -3.47. The first-order valence-electron chi connectivity index (χ1n) is 9.47. The standard InChI is InChI=1S/C24H25N3O2/c1-14-6-7-16(3)21(10-14)26-23(28)19-11-20(13-25-12-19)24(29)27-22-17(4)8-15(2)9-18(22)5/h6-13H,1-5H3,(H,26,28)(H,27,29). The Labute approximate surface area is 171 Å². The first-order valence-corrected chi connectivity index (χ1v) is 9.47. The molecule has 0 saturated carbocycles. The summed E-state index contributed by atoms with van der Waals surface area (Å²) in [6, 6.07) is 11.5. The van der Waals surface area contributed by atoms with Gasteiger partial charge < -0.3 is 10.6 Å². The first kappa shape index (κ1) is 20.3. The highest BCUT2D eigenvalue weighted by molar-refractivity contribution is 6.09. The normalized spacial score (nSPS) is 10.5. The molecule has 0 fully saturated rings. The van der Waals surface area contributed by atoms with Crippen LogP contribution in [0.3, 0.4) is 0 Å². The second-order valence-electron chi connectivity index (χ2n) is 7.46. The van der Waals surface area contributed by atoms with Crippen LogP contribution in [0.5, 0.6) is 0 Å². The van der Waals surface area contributed by atoms with Gasteiger partial charge in [0.1, 0.15) is 0 Å². The van der Waals surface area contributed by atoms with Crippen LogP contribution in [0, 0.1) is 34.6 Å². The summed E-state index contributed by atoms with van der Waals surface area (Å²) in [6.07, 6.45) is 2.92. The highest BCUT2D eigenvalue weighted by atomic mass is 16.2. The molecule has 0 radical (unpaired) electrons. The number of carbonyl (C=O) groups excluding carboxylic acids is 2. The Bertz CT molecular complexity index is 1080. The second-order valence-corrected chi connectivity index (χ2v) is 7.46. The van der Waals surface area contributed by atoms with Gasteiger partial charge in [-0.15, -0.1) is 0 Å². The van der Waals surface area contributed by atoms with Crippen LogP contribution >= 0.6 is 0 Å². The number of benzene rings is 2. The summed E-state index contributed by atoms with van der Waals surface area (Å²) < 4.78 is 0. The van der Waals surface area contributed by atoms with Crippen LogP contribution in [-0.4, -0.2) is 16.8 Å². The van der Waals surface area contributed by atoms with Crippen LogP contribution in [0.15, 0.2) is 48.8 Å². The van der Waals surface area contributed by atoms with E-state index in [4.69, 9.17) is 0 Å². The van der Waals surface area contributed by atoms with E-state index < -0.39 is 0 Å². The number of aryl methyl sites for hydroxylation is 5. The third-order valence-corrected chi connectivity index (χ3v) is 4.82. The molecule has 148 valence electrons. The SMILES string of the molecule is Cc1cc(C)c(NC(=O)c2cncc(C(=O)Nc3cc(C)ccc3C)c2)c(C)c1. The zero-order valence-electron chi connectivity index (χ0n) is 17.4. The smallest absolute Gasteiger partial charge is 0.257 e. The van der Waals surface area contributed by atoms with Crippen molar-refractivity contribution in [2.24, 2.45) is 0 Å². The van der Waals surface area contributed by atoms with E-state index in [9.17, 15) is 9.59 Å². The molecule has 1 aromatic heterocycles. The van der Waals surface area contributed by atoms with Gasteiger partial charge in [0.2, 0.25) is 0 Å². The quantitative estimate of drug-likeness (QED) is 0.652. The Morgan fingerprint density at radius 1 is 0.690 bits per heavy atom. The van der Waals surface area contributed by atoms with Gasteiger partial charge in [-0.3, -0.25) is 14.6 Å². The Morgan fingerprint density at radius 3 is 1.90 bits per heavy atom. The van der Waals surface area contributed by atoms with E-state index in [2.05, 4.69) is 15.6 Å². The number of aromatic nitrogens is 1. The molecule has 0 atom stereocenters. The van der Waals surface area contributed by atoms with Crippen molar-refractivity contribution in [1.29, 1.82) is 0 Å². The monoisotopic (exact) mass is 387 g/mol. The fraction of sp³-hybridized carbons (Fsp3) is 0.208. The number of nitrogens with zero attached hydrogens (tertiary/aromatic N) is 1. The molecule has 5 heteroatoms. The summed E-state index contributed by atoms with van der Waals surface area (Å²) in [5.74, 6) is -0.600. The lowest BCUT2D eigenvalue weighted by Gasteiger charge is -2.13. The highest BCUT2D eigenvalue weighted by Gasteiger charge is 2.14. The number of amides is 2. The van der Waals surface area contributed by atoms with Crippen molar-refractivity contribution in [3.05, 3.63) is 87.7 Å². The first-order chi connectivity index (χ1) is 13.7. The molecule has 0 aliphatic carbocycles. The lowest BCUT2D eigenvalue weighted by Crippen LogP contribution is -2.17. The van der Waals surface area contributed by atoms with Gasteiger partial charge >= 0.3 is 0 Å². The maximum atomic E-state index is 12.8. The van der Waals surface area contributed by atoms with Crippen molar-refractivity contribution in [2.75, 3.05) is 10.6 Å². The molecule has 3 aromatic rings. The van der Waals surface area contributed by atoms with Crippen molar-refractivity contribution >= 4 is 23.2 Å². The Kier molecular flexibility index (Phi) is 5.78. The van der Waals surface area contributed by atoms with Gasteiger partial charge in [0.15, 0.2) is 0 Å². The maximum absolute atomic E-state index is 12.8. The minimum absolute atomic E-state index is 0.297. The third-order valence-electron chi connectivity index (χ3n) is 4.82. The van der Waals surface area contributed by atoms with Gasteiger partial charge in [-0.05, 0) is 69.0 Å². The second kappa shape index (κ2) is 8.27. The molecular weight excluding hydrogens is 362 g/mol. The molecule has 0 bridgehead atoms. The van der Waals surface area contributed by atoms with Crippen molar-refractivity contribution in [2.45, 2.75) is 34.6 Å². The lowest BCUT2D eigenvalue weighted by molar-refractivity contribution is 0.102. The lowest BCUT2D eigenvalue weighted by atomic mass is 10.0. The van der Waals surface area contributed by atoms with E-state index in [1.54, 1.807) is 6.07 Å². The number of rotatable bonds is 4. The minimum atomic E-state index is -0.302. The maximum Gasteiger partial charge on any atom is 0.257 e. The molecule has 0 aliphatic rings. The van der Waals surface area contributed by atoms with Gasteiger partial charge in [-0.25, -0.2) is 0 Å². The summed E-state index contributed by atoms with van der Waals surface area (Å²) in [4.78, 5) is 29.5. The molecule has 2 amide bonds. The number of anilines is 2. The van der Waals surface area contributed by atoms with Crippen molar-refractivity contribution in [3.8, 4) is 0 Å².